The second kappa shape index (κ2) is 8.25. The van der Waals surface area contributed by atoms with Crippen molar-refractivity contribution in [1.82, 2.24) is 16.2 Å². The van der Waals surface area contributed by atoms with Crippen LogP contribution < -0.4 is 20.9 Å². The molecule has 6 nitrogen and oxygen atoms in total. The van der Waals surface area contributed by atoms with Gasteiger partial charge in [-0.15, -0.1) is 11.3 Å². The Bertz CT molecular complexity index is 702. The molecule has 0 atom stereocenters. The second-order valence-corrected chi connectivity index (χ2v) is 5.66. The number of ether oxygens (including phenoxy) is 1. The van der Waals surface area contributed by atoms with Crippen LogP contribution in [0.2, 0.25) is 0 Å². The molecule has 1 aromatic carbocycles. The number of nitrogens with one attached hydrogen (secondary N) is 3. The molecule has 8 heteroatoms. The first-order valence-electron chi connectivity index (χ1n) is 6.78. The van der Waals surface area contributed by atoms with E-state index in [1.807, 2.05) is 6.92 Å². The average Bonchev–Trinajstić information content (AvgIpc) is 3.07. The van der Waals surface area contributed by atoms with E-state index in [9.17, 15) is 9.59 Å². The van der Waals surface area contributed by atoms with Crippen molar-refractivity contribution in [3.05, 3.63) is 52.2 Å². The summed E-state index contributed by atoms with van der Waals surface area (Å²) >= 11 is 6.28. The number of carbonyl (C=O) groups excluding carboxylic acids is 2. The van der Waals surface area contributed by atoms with Crippen LogP contribution in [0.1, 0.15) is 27.0 Å². The molecule has 2 rings (SSSR count). The van der Waals surface area contributed by atoms with E-state index in [1.165, 1.54) is 11.3 Å². The van der Waals surface area contributed by atoms with Crippen molar-refractivity contribution in [3.8, 4) is 5.75 Å². The first kappa shape index (κ1) is 16.9. The first-order valence-corrected chi connectivity index (χ1v) is 8.07. The molecular weight excluding hydrogens is 334 g/mol. The number of hydrogen-bond acceptors (Lipinski definition) is 5. The zero-order valence-electron chi connectivity index (χ0n) is 12.3. The average molecular weight is 349 g/mol. The van der Waals surface area contributed by atoms with Crippen LogP contribution in [0.25, 0.3) is 0 Å². The number of thiophene rings is 1. The smallest absolute Gasteiger partial charge is 0.279 e. The molecule has 0 saturated heterocycles. The van der Waals surface area contributed by atoms with Gasteiger partial charge in [0.15, 0.2) is 5.11 Å². The van der Waals surface area contributed by atoms with Gasteiger partial charge in [0.25, 0.3) is 11.8 Å². The Kier molecular flexibility index (Phi) is 6.07. The molecule has 3 N–H and O–H groups in total. The first-order chi connectivity index (χ1) is 11.1. The molecule has 0 aliphatic rings. The van der Waals surface area contributed by atoms with Crippen LogP contribution in [-0.4, -0.2) is 23.5 Å². The molecule has 1 aromatic heterocycles. The van der Waals surface area contributed by atoms with E-state index >= 15 is 0 Å². The highest BCUT2D eigenvalue weighted by molar-refractivity contribution is 7.80. The van der Waals surface area contributed by atoms with Crippen LogP contribution in [-0.2, 0) is 0 Å². The van der Waals surface area contributed by atoms with E-state index in [0.29, 0.717) is 22.8 Å². The molecule has 0 spiro atoms. The predicted molar refractivity (Wildman–Crippen MR) is 92.6 cm³/mol. The molecular formula is C15H15N3O3S2. The molecule has 0 saturated carbocycles. The van der Waals surface area contributed by atoms with Gasteiger partial charge >= 0.3 is 0 Å². The van der Waals surface area contributed by atoms with E-state index < -0.39 is 5.91 Å². The van der Waals surface area contributed by atoms with Crippen molar-refractivity contribution in [3.63, 3.8) is 0 Å². The third kappa shape index (κ3) is 5.04. The van der Waals surface area contributed by atoms with E-state index in [-0.39, 0.29) is 11.0 Å². The number of amides is 2. The SMILES string of the molecule is CCOc1cccc(C(=O)NC(=S)NNC(=O)c2cccs2)c1. The van der Waals surface area contributed by atoms with Crippen LogP contribution in [0.15, 0.2) is 41.8 Å². The molecule has 0 fully saturated rings. The fourth-order valence-corrected chi connectivity index (χ4v) is 2.45. The Morgan fingerprint density at radius 1 is 1.17 bits per heavy atom. The Balaban J connectivity index is 1.86. The fraction of sp³-hybridized carbons (Fsp3) is 0.133. The third-order valence-electron chi connectivity index (χ3n) is 2.67. The molecule has 23 heavy (non-hydrogen) atoms. The summed E-state index contributed by atoms with van der Waals surface area (Å²) in [6.45, 7) is 2.38. The van der Waals surface area contributed by atoms with Crippen LogP contribution in [0, 0.1) is 0 Å². The number of benzene rings is 1. The Labute approximate surface area is 142 Å². The minimum absolute atomic E-state index is 0.00159. The van der Waals surface area contributed by atoms with Crippen molar-refractivity contribution < 1.29 is 14.3 Å². The van der Waals surface area contributed by atoms with E-state index in [4.69, 9.17) is 17.0 Å². The summed E-state index contributed by atoms with van der Waals surface area (Å²) in [6.07, 6.45) is 0. The molecule has 0 aliphatic carbocycles. The molecule has 120 valence electrons. The molecule has 0 unspecified atom stereocenters. The largest absolute Gasteiger partial charge is 0.494 e. The van der Waals surface area contributed by atoms with Crippen LogP contribution >= 0.6 is 23.6 Å². The zero-order chi connectivity index (χ0) is 16.7. The van der Waals surface area contributed by atoms with Crippen molar-refractivity contribution in [2.75, 3.05) is 6.61 Å². The topological polar surface area (TPSA) is 79.5 Å². The normalized spacial score (nSPS) is 9.78. The lowest BCUT2D eigenvalue weighted by atomic mass is 10.2. The third-order valence-corrected chi connectivity index (χ3v) is 3.74. The van der Waals surface area contributed by atoms with Crippen molar-refractivity contribution in [2.45, 2.75) is 6.92 Å². The number of thiocarbonyl (C=S) groups is 1. The van der Waals surface area contributed by atoms with Gasteiger partial charge in [-0.25, -0.2) is 0 Å². The lowest BCUT2D eigenvalue weighted by molar-refractivity contribution is 0.0938. The van der Waals surface area contributed by atoms with Crippen molar-refractivity contribution in [1.29, 1.82) is 0 Å². The Morgan fingerprint density at radius 2 is 2.00 bits per heavy atom. The Morgan fingerprint density at radius 3 is 2.70 bits per heavy atom. The standard InChI is InChI=1S/C15H15N3O3S2/c1-2-21-11-6-3-5-10(9-11)13(19)16-15(22)18-17-14(20)12-7-4-8-23-12/h3-9H,2H2,1H3,(H,17,20)(H2,16,18,19,22). The minimum Gasteiger partial charge on any atom is -0.494 e. The number of carbonyl (C=O) groups is 2. The summed E-state index contributed by atoms with van der Waals surface area (Å²) in [6, 6.07) is 10.2. The predicted octanol–water partition coefficient (Wildman–Crippen LogP) is 2.10. The summed E-state index contributed by atoms with van der Waals surface area (Å²) in [5, 5.41) is 4.27. The van der Waals surface area contributed by atoms with E-state index in [2.05, 4.69) is 16.2 Å². The maximum atomic E-state index is 12.1. The van der Waals surface area contributed by atoms with E-state index in [0.717, 1.165) is 0 Å². The van der Waals surface area contributed by atoms with Crippen LogP contribution in [0.4, 0.5) is 0 Å². The minimum atomic E-state index is -0.394. The highest BCUT2D eigenvalue weighted by Crippen LogP contribution is 2.13. The molecule has 2 amide bonds. The monoisotopic (exact) mass is 349 g/mol. The number of rotatable bonds is 4. The van der Waals surface area contributed by atoms with Gasteiger partial charge in [-0.05, 0) is 48.8 Å². The van der Waals surface area contributed by atoms with Gasteiger partial charge in [0.05, 0.1) is 11.5 Å². The Hall–Kier alpha value is -2.45. The van der Waals surface area contributed by atoms with Gasteiger partial charge in [0.1, 0.15) is 5.75 Å². The number of hydrogen-bond donors (Lipinski definition) is 3. The molecule has 0 bridgehead atoms. The second-order valence-electron chi connectivity index (χ2n) is 4.30. The lowest BCUT2D eigenvalue weighted by Gasteiger charge is -2.10. The summed E-state index contributed by atoms with van der Waals surface area (Å²) in [4.78, 5) is 24.3. The maximum absolute atomic E-state index is 12.1. The van der Waals surface area contributed by atoms with Gasteiger partial charge in [0, 0.05) is 5.56 Å². The molecule has 0 radical (unpaired) electrons. The quantitative estimate of drug-likeness (QED) is 0.582. The van der Waals surface area contributed by atoms with E-state index in [1.54, 1.807) is 41.8 Å². The number of hydrazine groups is 1. The van der Waals surface area contributed by atoms with Gasteiger partial charge in [-0.2, -0.15) is 0 Å². The van der Waals surface area contributed by atoms with Crippen LogP contribution in [0.3, 0.4) is 0 Å². The zero-order valence-corrected chi connectivity index (χ0v) is 13.9. The summed E-state index contributed by atoms with van der Waals surface area (Å²) < 4.78 is 5.34. The van der Waals surface area contributed by atoms with Crippen molar-refractivity contribution in [2.24, 2.45) is 0 Å². The maximum Gasteiger partial charge on any atom is 0.279 e. The molecule has 2 aromatic rings. The summed E-state index contributed by atoms with van der Waals surface area (Å²) in [5.41, 5.74) is 5.31. The van der Waals surface area contributed by atoms with Crippen molar-refractivity contribution >= 4 is 40.5 Å². The summed E-state index contributed by atoms with van der Waals surface area (Å²) in [7, 11) is 0. The fourth-order valence-electron chi connectivity index (χ4n) is 1.68. The van der Waals surface area contributed by atoms with Gasteiger partial charge in [-0.3, -0.25) is 25.8 Å². The summed E-state index contributed by atoms with van der Waals surface area (Å²) in [5.74, 6) is -0.116. The lowest BCUT2D eigenvalue weighted by Crippen LogP contribution is -2.48. The highest BCUT2D eigenvalue weighted by atomic mass is 32.1. The van der Waals surface area contributed by atoms with Gasteiger partial charge in [0.2, 0.25) is 0 Å². The molecule has 0 aliphatic heterocycles. The van der Waals surface area contributed by atoms with Gasteiger partial charge < -0.3 is 4.74 Å². The highest BCUT2D eigenvalue weighted by Gasteiger charge is 2.10. The molecule has 1 heterocycles. The van der Waals surface area contributed by atoms with Crippen LogP contribution in [0.5, 0.6) is 5.75 Å². The van der Waals surface area contributed by atoms with Gasteiger partial charge in [-0.1, -0.05) is 12.1 Å².